The zero-order valence-corrected chi connectivity index (χ0v) is 12.3. The first-order chi connectivity index (χ1) is 8.65. The molecule has 0 aromatic rings. The van der Waals surface area contributed by atoms with Crippen LogP contribution in [0, 0.1) is 11.3 Å². The van der Waals surface area contributed by atoms with Gasteiger partial charge in [0.15, 0.2) is 0 Å². The van der Waals surface area contributed by atoms with Gasteiger partial charge < -0.3 is 4.90 Å². The molecule has 1 aliphatic rings. The van der Waals surface area contributed by atoms with E-state index in [4.69, 9.17) is 0 Å². The predicted molar refractivity (Wildman–Crippen MR) is 76.4 cm³/mol. The second kappa shape index (κ2) is 7.76. The van der Waals surface area contributed by atoms with Gasteiger partial charge in [0, 0.05) is 12.6 Å². The number of likely N-dealkylation sites (tertiary alicyclic amines) is 1. The molecule has 1 N–H and O–H groups in total. The molecule has 0 radical (unpaired) electrons. The van der Waals surface area contributed by atoms with Crippen molar-refractivity contribution >= 4 is 0 Å². The average Bonchev–Trinajstić information content (AvgIpc) is 2.43. The van der Waals surface area contributed by atoms with E-state index in [2.05, 4.69) is 30.1 Å². The summed E-state index contributed by atoms with van der Waals surface area (Å²) in [6, 6.07) is 3.19. The topological polar surface area (TPSA) is 39.1 Å². The Hall–Kier alpha value is -0.590. The van der Waals surface area contributed by atoms with E-state index in [1.807, 2.05) is 6.92 Å². The molecule has 3 heteroatoms. The van der Waals surface area contributed by atoms with Gasteiger partial charge in [0.2, 0.25) is 0 Å². The average molecular weight is 251 g/mol. The highest BCUT2D eigenvalue weighted by molar-refractivity contribution is 5.04. The van der Waals surface area contributed by atoms with E-state index >= 15 is 0 Å². The molecule has 1 aliphatic heterocycles. The number of hydrogen-bond donors (Lipinski definition) is 1. The Morgan fingerprint density at radius 1 is 1.39 bits per heavy atom. The summed E-state index contributed by atoms with van der Waals surface area (Å²) in [6.07, 6.45) is 7.28. The van der Waals surface area contributed by atoms with Crippen molar-refractivity contribution in [1.82, 2.24) is 10.2 Å². The molecule has 0 amide bonds. The zero-order chi connectivity index (χ0) is 13.4. The standard InChI is InChI=1S/C15H29N3/c1-4-10-17-15(3,13-16)9-12-18-11-7-6-8-14(18)5-2/h14,17H,4-12H2,1-3H3. The van der Waals surface area contributed by atoms with Crippen molar-refractivity contribution in [1.29, 1.82) is 5.26 Å². The molecule has 18 heavy (non-hydrogen) atoms. The summed E-state index contributed by atoms with van der Waals surface area (Å²) in [5.41, 5.74) is -0.355. The summed E-state index contributed by atoms with van der Waals surface area (Å²) in [7, 11) is 0. The molecule has 3 nitrogen and oxygen atoms in total. The quantitative estimate of drug-likeness (QED) is 0.756. The second-order valence-corrected chi connectivity index (χ2v) is 5.71. The molecule has 104 valence electrons. The fraction of sp³-hybridized carbons (Fsp3) is 0.933. The Kier molecular flexibility index (Phi) is 6.67. The van der Waals surface area contributed by atoms with Crippen LogP contribution < -0.4 is 5.32 Å². The molecule has 0 bridgehead atoms. The lowest BCUT2D eigenvalue weighted by molar-refractivity contribution is 0.133. The van der Waals surface area contributed by atoms with Crippen LogP contribution in [0.2, 0.25) is 0 Å². The number of hydrogen-bond acceptors (Lipinski definition) is 3. The monoisotopic (exact) mass is 251 g/mol. The van der Waals surface area contributed by atoms with Crippen LogP contribution in [0.5, 0.6) is 0 Å². The van der Waals surface area contributed by atoms with Gasteiger partial charge in [-0.15, -0.1) is 0 Å². The van der Waals surface area contributed by atoms with E-state index in [1.54, 1.807) is 0 Å². The lowest BCUT2D eigenvalue weighted by Crippen LogP contribution is -2.47. The normalized spacial score (nSPS) is 24.4. The van der Waals surface area contributed by atoms with Crippen molar-refractivity contribution in [3.63, 3.8) is 0 Å². The second-order valence-electron chi connectivity index (χ2n) is 5.71. The van der Waals surface area contributed by atoms with Gasteiger partial charge >= 0.3 is 0 Å². The maximum Gasteiger partial charge on any atom is 0.105 e. The van der Waals surface area contributed by atoms with E-state index in [9.17, 15) is 5.26 Å². The summed E-state index contributed by atoms with van der Waals surface area (Å²) in [4.78, 5) is 2.59. The van der Waals surface area contributed by atoms with Gasteiger partial charge in [0.25, 0.3) is 0 Å². The molecule has 0 aromatic heterocycles. The summed E-state index contributed by atoms with van der Waals surface area (Å²) in [5, 5.41) is 12.7. The first-order valence-electron chi connectivity index (χ1n) is 7.55. The largest absolute Gasteiger partial charge is 0.300 e. The molecule has 1 rings (SSSR count). The molecule has 2 atom stereocenters. The van der Waals surface area contributed by atoms with Crippen molar-refractivity contribution < 1.29 is 0 Å². The summed E-state index contributed by atoms with van der Waals surface area (Å²) in [6.45, 7) is 9.66. The fourth-order valence-corrected chi connectivity index (χ4v) is 2.77. The van der Waals surface area contributed by atoms with E-state index in [1.165, 1.54) is 32.2 Å². The van der Waals surface area contributed by atoms with Gasteiger partial charge in [-0.05, 0) is 52.1 Å². The van der Waals surface area contributed by atoms with Gasteiger partial charge in [-0.1, -0.05) is 20.3 Å². The Balaban J connectivity index is 2.43. The van der Waals surface area contributed by atoms with Gasteiger partial charge in [0.05, 0.1) is 6.07 Å². The maximum absolute atomic E-state index is 9.33. The Morgan fingerprint density at radius 3 is 2.78 bits per heavy atom. The molecule has 0 spiro atoms. The van der Waals surface area contributed by atoms with Crippen LogP contribution in [0.15, 0.2) is 0 Å². The van der Waals surface area contributed by atoms with Crippen LogP contribution in [0.1, 0.15) is 59.3 Å². The van der Waals surface area contributed by atoms with Crippen LogP contribution >= 0.6 is 0 Å². The van der Waals surface area contributed by atoms with Crippen molar-refractivity contribution in [3.05, 3.63) is 0 Å². The third-order valence-electron chi connectivity index (χ3n) is 4.13. The fourth-order valence-electron chi connectivity index (χ4n) is 2.77. The summed E-state index contributed by atoms with van der Waals surface area (Å²) < 4.78 is 0. The summed E-state index contributed by atoms with van der Waals surface area (Å²) in [5.74, 6) is 0. The van der Waals surface area contributed by atoms with E-state index < -0.39 is 0 Å². The minimum atomic E-state index is -0.355. The van der Waals surface area contributed by atoms with Crippen molar-refractivity contribution in [2.45, 2.75) is 70.9 Å². The lowest BCUT2D eigenvalue weighted by Gasteiger charge is -2.37. The molecule has 0 aromatic carbocycles. The van der Waals surface area contributed by atoms with Gasteiger partial charge in [-0.3, -0.25) is 5.32 Å². The molecule has 0 saturated carbocycles. The lowest BCUT2D eigenvalue weighted by atomic mass is 9.95. The minimum absolute atomic E-state index is 0.355. The van der Waals surface area contributed by atoms with Crippen molar-refractivity contribution in [3.8, 4) is 6.07 Å². The van der Waals surface area contributed by atoms with Crippen LogP contribution in [0.3, 0.4) is 0 Å². The third kappa shape index (κ3) is 4.59. The number of nitrogens with zero attached hydrogens (tertiary/aromatic N) is 2. The smallest absolute Gasteiger partial charge is 0.105 e. The van der Waals surface area contributed by atoms with E-state index in [0.29, 0.717) is 0 Å². The third-order valence-corrected chi connectivity index (χ3v) is 4.13. The molecular formula is C15H29N3. The minimum Gasteiger partial charge on any atom is -0.300 e. The van der Waals surface area contributed by atoms with E-state index in [-0.39, 0.29) is 5.54 Å². The molecule has 1 fully saturated rings. The SMILES string of the molecule is CCCNC(C)(C#N)CCN1CCCCC1CC. The Morgan fingerprint density at radius 2 is 2.17 bits per heavy atom. The summed E-state index contributed by atoms with van der Waals surface area (Å²) >= 11 is 0. The zero-order valence-electron chi connectivity index (χ0n) is 12.3. The molecule has 1 heterocycles. The molecule has 2 unspecified atom stereocenters. The van der Waals surface area contributed by atoms with Crippen LogP contribution in [0.4, 0.5) is 0 Å². The highest BCUT2D eigenvalue weighted by atomic mass is 15.2. The van der Waals surface area contributed by atoms with Gasteiger partial charge in [-0.25, -0.2) is 0 Å². The molecule has 0 aliphatic carbocycles. The number of nitriles is 1. The number of piperidine rings is 1. The van der Waals surface area contributed by atoms with Crippen LogP contribution in [0.25, 0.3) is 0 Å². The van der Waals surface area contributed by atoms with Crippen LogP contribution in [-0.4, -0.2) is 36.1 Å². The molecule has 1 saturated heterocycles. The van der Waals surface area contributed by atoms with Crippen molar-refractivity contribution in [2.75, 3.05) is 19.6 Å². The maximum atomic E-state index is 9.33. The van der Waals surface area contributed by atoms with E-state index in [0.717, 1.165) is 32.0 Å². The number of nitrogens with one attached hydrogen (secondary N) is 1. The van der Waals surface area contributed by atoms with Gasteiger partial charge in [-0.2, -0.15) is 5.26 Å². The Labute approximate surface area is 113 Å². The predicted octanol–water partition coefficient (Wildman–Crippen LogP) is 2.92. The van der Waals surface area contributed by atoms with Gasteiger partial charge in [0.1, 0.15) is 5.54 Å². The first-order valence-corrected chi connectivity index (χ1v) is 7.55. The first kappa shape index (κ1) is 15.5. The molecular weight excluding hydrogens is 222 g/mol. The van der Waals surface area contributed by atoms with Crippen LogP contribution in [-0.2, 0) is 0 Å². The highest BCUT2D eigenvalue weighted by Gasteiger charge is 2.26. The highest BCUT2D eigenvalue weighted by Crippen LogP contribution is 2.21. The Bertz CT molecular complexity index is 271. The number of rotatable bonds is 7. The van der Waals surface area contributed by atoms with Crippen molar-refractivity contribution in [2.24, 2.45) is 0 Å².